The summed E-state index contributed by atoms with van der Waals surface area (Å²) in [7, 11) is 0. The third kappa shape index (κ3) is 2.87. The van der Waals surface area contributed by atoms with Crippen LogP contribution in [0.25, 0.3) is 10.9 Å². The van der Waals surface area contributed by atoms with Gasteiger partial charge >= 0.3 is 0 Å². The van der Waals surface area contributed by atoms with Crippen LogP contribution in [-0.2, 0) is 0 Å². The highest BCUT2D eigenvalue weighted by Crippen LogP contribution is 2.19. The van der Waals surface area contributed by atoms with Gasteiger partial charge in [-0.05, 0) is 37.5 Å². The van der Waals surface area contributed by atoms with Gasteiger partial charge in [-0.25, -0.2) is 0 Å². The minimum absolute atomic E-state index is 0.0331. The number of amides is 1. The fourth-order valence-electron chi connectivity index (χ4n) is 3.05. The van der Waals surface area contributed by atoms with Gasteiger partial charge in [-0.1, -0.05) is 37.8 Å². The maximum atomic E-state index is 12.3. The molecule has 0 spiro atoms. The molecule has 1 saturated carbocycles. The van der Waals surface area contributed by atoms with Crippen LogP contribution in [0, 0.1) is 6.92 Å². The van der Waals surface area contributed by atoms with Crippen LogP contribution in [0.4, 0.5) is 0 Å². The molecule has 1 heterocycles. The summed E-state index contributed by atoms with van der Waals surface area (Å²) < 4.78 is 0. The van der Waals surface area contributed by atoms with E-state index in [1.165, 1.54) is 31.2 Å². The number of benzene rings is 1. The van der Waals surface area contributed by atoms with Crippen LogP contribution in [0.15, 0.2) is 24.3 Å². The van der Waals surface area contributed by atoms with E-state index in [0.717, 1.165) is 23.7 Å². The first-order chi connectivity index (χ1) is 9.72. The normalized spacial score (nSPS) is 17.1. The van der Waals surface area contributed by atoms with Crippen molar-refractivity contribution >= 4 is 16.8 Å². The minimum Gasteiger partial charge on any atom is -0.351 e. The zero-order valence-corrected chi connectivity index (χ0v) is 12.0. The fourth-order valence-corrected chi connectivity index (χ4v) is 3.05. The van der Waals surface area contributed by atoms with Gasteiger partial charge in [0.25, 0.3) is 5.91 Å². The van der Waals surface area contributed by atoms with Gasteiger partial charge in [-0.3, -0.25) is 4.79 Å². The first kappa shape index (κ1) is 13.2. The molecule has 3 rings (SSSR count). The van der Waals surface area contributed by atoms with Crippen LogP contribution in [0.2, 0.25) is 0 Å². The fraction of sp³-hybridized carbons (Fsp3) is 0.471. The van der Waals surface area contributed by atoms with E-state index in [4.69, 9.17) is 0 Å². The van der Waals surface area contributed by atoms with Crippen molar-refractivity contribution in [1.82, 2.24) is 10.3 Å². The number of fused-ring (bicyclic) bond motifs is 1. The van der Waals surface area contributed by atoms with Gasteiger partial charge in [-0.2, -0.15) is 0 Å². The summed E-state index contributed by atoms with van der Waals surface area (Å²) in [6.07, 6.45) is 7.31. The summed E-state index contributed by atoms with van der Waals surface area (Å²) in [5.41, 5.74) is 2.92. The Kier molecular flexibility index (Phi) is 3.77. The second-order valence-electron chi connectivity index (χ2n) is 5.94. The number of carbonyl (C=O) groups excluding carboxylic acids is 1. The van der Waals surface area contributed by atoms with E-state index < -0.39 is 0 Å². The SMILES string of the molecule is Cc1ccc2cc(C(=O)NC3CCCCCC3)[nH]c2c1. The highest BCUT2D eigenvalue weighted by atomic mass is 16.1. The summed E-state index contributed by atoms with van der Waals surface area (Å²) in [6, 6.07) is 8.50. The topological polar surface area (TPSA) is 44.9 Å². The highest BCUT2D eigenvalue weighted by Gasteiger charge is 2.17. The monoisotopic (exact) mass is 270 g/mol. The van der Waals surface area contributed by atoms with E-state index in [9.17, 15) is 4.79 Å². The van der Waals surface area contributed by atoms with Gasteiger partial charge in [0, 0.05) is 16.9 Å². The predicted molar refractivity (Wildman–Crippen MR) is 82.0 cm³/mol. The number of hydrogen-bond donors (Lipinski definition) is 2. The van der Waals surface area contributed by atoms with Crippen molar-refractivity contribution < 1.29 is 4.79 Å². The molecule has 3 nitrogen and oxygen atoms in total. The maximum Gasteiger partial charge on any atom is 0.267 e. The highest BCUT2D eigenvalue weighted by molar-refractivity contribution is 5.98. The van der Waals surface area contributed by atoms with Crippen LogP contribution in [0.3, 0.4) is 0 Å². The van der Waals surface area contributed by atoms with E-state index >= 15 is 0 Å². The Morgan fingerprint density at radius 2 is 1.90 bits per heavy atom. The third-order valence-electron chi connectivity index (χ3n) is 4.21. The molecule has 0 aliphatic heterocycles. The van der Waals surface area contributed by atoms with Crippen molar-refractivity contribution in [3.8, 4) is 0 Å². The molecular weight excluding hydrogens is 248 g/mol. The molecule has 3 heteroatoms. The summed E-state index contributed by atoms with van der Waals surface area (Å²) >= 11 is 0. The predicted octanol–water partition coefficient (Wildman–Crippen LogP) is 3.93. The van der Waals surface area contributed by atoms with Crippen molar-refractivity contribution in [3.05, 3.63) is 35.5 Å². The van der Waals surface area contributed by atoms with E-state index in [1.807, 2.05) is 6.07 Å². The molecule has 1 fully saturated rings. The Labute approximate surface area is 119 Å². The van der Waals surface area contributed by atoms with Gasteiger partial charge < -0.3 is 10.3 Å². The minimum atomic E-state index is 0.0331. The van der Waals surface area contributed by atoms with Gasteiger partial charge in [0.05, 0.1) is 0 Å². The summed E-state index contributed by atoms with van der Waals surface area (Å²) in [6.45, 7) is 2.06. The molecule has 1 aliphatic carbocycles. The molecule has 0 bridgehead atoms. The zero-order valence-electron chi connectivity index (χ0n) is 12.0. The second-order valence-corrected chi connectivity index (χ2v) is 5.94. The van der Waals surface area contributed by atoms with Crippen molar-refractivity contribution in [2.75, 3.05) is 0 Å². The quantitative estimate of drug-likeness (QED) is 0.798. The van der Waals surface area contributed by atoms with Crippen molar-refractivity contribution in [3.63, 3.8) is 0 Å². The molecule has 0 unspecified atom stereocenters. The van der Waals surface area contributed by atoms with Crippen LogP contribution in [-0.4, -0.2) is 16.9 Å². The van der Waals surface area contributed by atoms with Crippen molar-refractivity contribution in [1.29, 1.82) is 0 Å². The Bertz CT molecular complexity index is 606. The zero-order chi connectivity index (χ0) is 13.9. The average molecular weight is 270 g/mol. The van der Waals surface area contributed by atoms with E-state index in [0.29, 0.717) is 11.7 Å². The third-order valence-corrected chi connectivity index (χ3v) is 4.21. The Balaban J connectivity index is 1.74. The lowest BCUT2D eigenvalue weighted by molar-refractivity contribution is 0.0929. The van der Waals surface area contributed by atoms with Gasteiger partial charge in [0.15, 0.2) is 0 Å². The molecule has 0 radical (unpaired) electrons. The maximum absolute atomic E-state index is 12.3. The molecule has 20 heavy (non-hydrogen) atoms. The Morgan fingerprint density at radius 1 is 1.15 bits per heavy atom. The summed E-state index contributed by atoms with van der Waals surface area (Å²) in [5.74, 6) is 0.0331. The molecule has 0 saturated heterocycles. The van der Waals surface area contributed by atoms with Crippen molar-refractivity contribution in [2.24, 2.45) is 0 Å². The number of aryl methyl sites for hydroxylation is 1. The van der Waals surface area contributed by atoms with Crippen LogP contribution in [0.1, 0.15) is 54.6 Å². The van der Waals surface area contributed by atoms with Gasteiger partial charge in [-0.15, -0.1) is 0 Å². The van der Waals surface area contributed by atoms with Crippen LogP contribution in [0.5, 0.6) is 0 Å². The molecule has 106 valence electrons. The molecular formula is C17H22N2O. The van der Waals surface area contributed by atoms with E-state index in [-0.39, 0.29) is 5.91 Å². The molecule has 2 N–H and O–H groups in total. The number of nitrogens with one attached hydrogen (secondary N) is 2. The number of aromatic amines is 1. The molecule has 0 atom stereocenters. The molecule has 1 aromatic heterocycles. The largest absolute Gasteiger partial charge is 0.351 e. The summed E-state index contributed by atoms with van der Waals surface area (Å²) in [5, 5.41) is 4.28. The lowest BCUT2D eigenvalue weighted by Gasteiger charge is -2.15. The van der Waals surface area contributed by atoms with E-state index in [1.54, 1.807) is 0 Å². The number of aromatic nitrogens is 1. The van der Waals surface area contributed by atoms with E-state index in [2.05, 4.69) is 35.4 Å². The first-order valence-corrected chi connectivity index (χ1v) is 7.62. The van der Waals surface area contributed by atoms with Crippen molar-refractivity contribution in [2.45, 2.75) is 51.5 Å². The average Bonchev–Trinajstić information content (AvgIpc) is 2.68. The lowest BCUT2D eigenvalue weighted by atomic mass is 10.1. The number of rotatable bonds is 2. The van der Waals surface area contributed by atoms with Crippen LogP contribution >= 0.6 is 0 Å². The summed E-state index contributed by atoms with van der Waals surface area (Å²) in [4.78, 5) is 15.6. The number of hydrogen-bond acceptors (Lipinski definition) is 1. The second kappa shape index (κ2) is 5.70. The lowest BCUT2D eigenvalue weighted by Crippen LogP contribution is -2.34. The first-order valence-electron chi connectivity index (χ1n) is 7.62. The number of H-pyrrole nitrogens is 1. The standard InChI is InChI=1S/C17H22N2O/c1-12-8-9-13-11-16(19-15(13)10-12)17(20)18-14-6-4-2-3-5-7-14/h8-11,14,19H,2-7H2,1H3,(H,18,20). The molecule has 1 aromatic carbocycles. The van der Waals surface area contributed by atoms with Gasteiger partial charge in [0.2, 0.25) is 0 Å². The molecule has 2 aromatic rings. The number of carbonyl (C=O) groups is 1. The van der Waals surface area contributed by atoms with Crippen LogP contribution < -0.4 is 5.32 Å². The Morgan fingerprint density at radius 3 is 2.65 bits per heavy atom. The van der Waals surface area contributed by atoms with Gasteiger partial charge in [0.1, 0.15) is 5.69 Å². The molecule has 1 amide bonds. The Hall–Kier alpha value is -1.77. The smallest absolute Gasteiger partial charge is 0.267 e. The molecule has 1 aliphatic rings.